The highest BCUT2D eigenvalue weighted by atomic mass is 35.5. The van der Waals surface area contributed by atoms with E-state index in [1.165, 1.54) is 0 Å². The molecule has 126 valence electrons. The third-order valence-electron chi connectivity index (χ3n) is 3.67. The fourth-order valence-corrected chi connectivity index (χ4v) is 2.49. The van der Waals surface area contributed by atoms with Crippen molar-refractivity contribution in [2.45, 2.75) is 38.6 Å². The number of aromatic nitrogens is 1. The number of para-hydroxylation sites is 1. The van der Waals surface area contributed by atoms with Crippen molar-refractivity contribution < 1.29 is 4.79 Å². The molecule has 5 nitrogen and oxygen atoms in total. The Morgan fingerprint density at radius 2 is 1.87 bits per heavy atom. The molecule has 0 saturated heterocycles. The zero-order valence-corrected chi connectivity index (χ0v) is 14.0. The maximum absolute atomic E-state index is 11.8. The maximum atomic E-state index is 11.8. The summed E-state index contributed by atoms with van der Waals surface area (Å²) in [5, 5.41) is 3.86. The normalized spacial score (nSPS) is 10.3. The Labute approximate surface area is 142 Å². The molecule has 0 aliphatic rings. The molecule has 2 aromatic rings. The van der Waals surface area contributed by atoms with Gasteiger partial charge in [0, 0.05) is 29.9 Å². The number of hydrogen-bond acceptors (Lipinski definition) is 3. The molecule has 6 heteroatoms. The van der Waals surface area contributed by atoms with Crippen LogP contribution in [-0.4, -0.2) is 17.4 Å². The Morgan fingerprint density at radius 3 is 2.65 bits per heavy atom. The van der Waals surface area contributed by atoms with E-state index >= 15 is 0 Å². The van der Waals surface area contributed by atoms with Crippen molar-refractivity contribution in [3.63, 3.8) is 0 Å². The molecule has 0 radical (unpaired) electrons. The van der Waals surface area contributed by atoms with Gasteiger partial charge in [0.15, 0.2) is 0 Å². The van der Waals surface area contributed by atoms with Gasteiger partial charge in [-0.25, -0.2) is 0 Å². The van der Waals surface area contributed by atoms with Crippen LogP contribution >= 0.6 is 12.4 Å². The first-order valence-corrected chi connectivity index (χ1v) is 7.78. The van der Waals surface area contributed by atoms with Gasteiger partial charge in [-0.15, -0.1) is 12.4 Å². The molecule has 0 saturated carbocycles. The number of rotatable bonds is 8. The van der Waals surface area contributed by atoms with Crippen molar-refractivity contribution >= 4 is 29.2 Å². The molecule has 0 aliphatic carbocycles. The van der Waals surface area contributed by atoms with Gasteiger partial charge < -0.3 is 16.0 Å². The quantitative estimate of drug-likeness (QED) is 0.646. The Morgan fingerprint density at radius 1 is 1.13 bits per heavy atom. The van der Waals surface area contributed by atoms with Crippen LogP contribution in [0.5, 0.6) is 0 Å². The fraction of sp³-hybridized carbons (Fsp3) is 0.412. The Hall–Kier alpha value is -1.85. The number of nitrogens with two attached hydrogens (primary N) is 1. The summed E-state index contributed by atoms with van der Waals surface area (Å²) in [6, 6.07) is 9.15. The first kappa shape index (κ1) is 19.2. The van der Waals surface area contributed by atoms with Crippen LogP contribution in [0.15, 0.2) is 35.1 Å². The van der Waals surface area contributed by atoms with Crippen LogP contribution in [0.25, 0.3) is 10.9 Å². The molecule has 1 heterocycles. The number of amides is 1. The van der Waals surface area contributed by atoms with Crippen LogP contribution in [0.1, 0.15) is 37.7 Å². The molecular formula is C17H24ClN3O2. The number of nitrogens with one attached hydrogen (secondary N) is 2. The maximum Gasteiger partial charge on any atom is 0.248 e. The summed E-state index contributed by atoms with van der Waals surface area (Å²) in [6.45, 7) is 1.09. The highest BCUT2D eigenvalue weighted by molar-refractivity contribution is 5.85. The number of pyridine rings is 1. The predicted octanol–water partition coefficient (Wildman–Crippen LogP) is 2.48. The second-order valence-corrected chi connectivity index (χ2v) is 5.43. The molecule has 23 heavy (non-hydrogen) atoms. The van der Waals surface area contributed by atoms with Crippen LogP contribution < -0.4 is 16.6 Å². The number of carbonyl (C=O) groups is 1. The van der Waals surface area contributed by atoms with Crippen molar-refractivity contribution in [2.75, 3.05) is 6.54 Å². The molecule has 0 bridgehead atoms. The summed E-state index contributed by atoms with van der Waals surface area (Å²) in [4.78, 5) is 26.3. The van der Waals surface area contributed by atoms with E-state index in [1.807, 2.05) is 24.3 Å². The van der Waals surface area contributed by atoms with E-state index in [-0.39, 0.29) is 23.9 Å². The molecule has 0 atom stereocenters. The third-order valence-corrected chi connectivity index (χ3v) is 3.67. The van der Waals surface area contributed by atoms with Gasteiger partial charge in [0.1, 0.15) is 0 Å². The smallest absolute Gasteiger partial charge is 0.248 e. The van der Waals surface area contributed by atoms with E-state index in [9.17, 15) is 9.59 Å². The summed E-state index contributed by atoms with van der Waals surface area (Å²) >= 11 is 0. The van der Waals surface area contributed by atoms with Gasteiger partial charge in [-0.1, -0.05) is 31.0 Å². The molecule has 2 rings (SSSR count). The van der Waals surface area contributed by atoms with Crippen LogP contribution in [0.3, 0.4) is 0 Å². The predicted molar refractivity (Wildman–Crippen MR) is 95.8 cm³/mol. The number of aromatic amines is 1. The summed E-state index contributed by atoms with van der Waals surface area (Å²) in [6.07, 6.45) is 4.51. The molecule has 1 aromatic heterocycles. The number of H-pyrrole nitrogens is 1. The second-order valence-electron chi connectivity index (χ2n) is 5.43. The van der Waals surface area contributed by atoms with Crippen LogP contribution in [0.2, 0.25) is 0 Å². The molecule has 0 fully saturated rings. The summed E-state index contributed by atoms with van der Waals surface area (Å²) in [5.74, 6) is 0.0251. The van der Waals surface area contributed by atoms with Gasteiger partial charge in [0.05, 0.1) is 0 Å². The van der Waals surface area contributed by atoms with Gasteiger partial charge in [-0.05, 0) is 31.0 Å². The number of benzene rings is 1. The first-order chi connectivity index (χ1) is 10.7. The monoisotopic (exact) mass is 337 g/mol. The van der Waals surface area contributed by atoms with Gasteiger partial charge in [-0.2, -0.15) is 0 Å². The largest absolute Gasteiger partial charge is 0.352 e. The molecular weight excluding hydrogens is 314 g/mol. The lowest BCUT2D eigenvalue weighted by Gasteiger charge is -2.08. The topological polar surface area (TPSA) is 88.0 Å². The minimum Gasteiger partial charge on any atom is -0.352 e. The second kappa shape index (κ2) is 10.0. The van der Waals surface area contributed by atoms with E-state index in [2.05, 4.69) is 10.3 Å². The van der Waals surface area contributed by atoms with E-state index < -0.39 is 0 Å². The molecule has 0 unspecified atom stereocenters. The zero-order valence-electron chi connectivity index (χ0n) is 13.1. The van der Waals surface area contributed by atoms with Gasteiger partial charge in [0.2, 0.25) is 11.5 Å². The highest BCUT2D eigenvalue weighted by Crippen LogP contribution is 2.14. The van der Waals surface area contributed by atoms with Crippen molar-refractivity contribution in [2.24, 2.45) is 5.73 Å². The number of unbranched alkanes of at least 4 members (excludes halogenated alkanes) is 3. The first-order valence-electron chi connectivity index (χ1n) is 7.78. The Kier molecular flexibility index (Phi) is 8.37. The SMILES string of the molecule is Cl.NCCCCCCC(=O)NCc1cc(=O)[nH]c2ccccc12. The lowest BCUT2D eigenvalue weighted by atomic mass is 10.1. The number of carbonyl (C=O) groups excluding carboxylic acids is 1. The van der Waals surface area contributed by atoms with Gasteiger partial charge >= 0.3 is 0 Å². The van der Waals surface area contributed by atoms with Crippen molar-refractivity contribution in [1.82, 2.24) is 10.3 Å². The van der Waals surface area contributed by atoms with Crippen molar-refractivity contribution in [3.05, 3.63) is 46.2 Å². The molecule has 1 amide bonds. The van der Waals surface area contributed by atoms with E-state index in [0.717, 1.165) is 42.1 Å². The summed E-state index contributed by atoms with van der Waals surface area (Å²) in [7, 11) is 0. The third kappa shape index (κ3) is 6.04. The Bertz CT molecular complexity index is 685. The van der Waals surface area contributed by atoms with Crippen molar-refractivity contribution in [3.8, 4) is 0 Å². The summed E-state index contributed by atoms with van der Waals surface area (Å²) in [5.41, 5.74) is 6.92. The van der Waals surface area contributed by atoms with Gasteiger partial charge in [-0.3, -0.25) is 9.59 Å². The molecule has 0 aliphatic heterocycles. The number of halogens is 1. The summed E-state index contributed by atoms with van der Waals surface area (Å²) < 4.78 is 0. The standard InChI is InChI=1S/C17H23N3O2.ClH/c18-10-6-2-1-3-9-16(21)19-12-13-11-17(22)20-15-8-5-4-7-14(13)15;/h4-5,7-8,11H,1-3,6,9-10,12,18H2,(H,19,21)(H,20,22);1H. The zero-order chi connectivity index (χ0) is 15.8. The minimum absolute atomic E-state index is 0. The number of fused-ring (bicyclic) bond motifs is 1. The van der Waals surface area contributed by atoms with Crippen LogP contribution in [0, 0.1) is 0 Å². The average molecular weight is 338 g/mol. The average Bonchev–Trinajstić information content (AvgIpc) is 2.52. The van der Waals surface area contributed by atoms with E-state index in [0.29, 0.717) is 19.5 Å². The lowest BCUT2D eigenvalue weighted by Crippen LogP contribution is -2.23. The lowest BCUT2D eigenvalue weighted by molar-refractivity contribution is -0.121. The van der Waals surface area contributed by atoms with Crippen LogP contribution in [0.4, 0.5) is 0 Å². The van der Waals surface area contributed by atoms with Crippen molar-refractivity contribution in [1.29, 1.82) is 0 Å². The highest BCUT2D eigenvalue weighted by Gasteiger charge is 2.05. The van der Waals surface area contributed by atoms with E-state index in [1.54, 1.807) is 6.07 Å². The molecule has 1 aromatic carbocycles. The molecule has 0 spiro atoms. The Balaban J connectivity index is 0.00000264. The van der Waals surface area contributed by atoms with Crippen LogP contribution in [-0.2, 0) is 11.3 Å². The van der Waals surface area contributed by atoms with Gasteiger partial charge in [0.25, 0.3) is 0 Å². The van der Waals surface area contributed by atoms with E-state index in [4.69, 9.17) is 5.73 Å². The minimum atomic E-state index is -0.148. The fourth-order valence-electron chi connectivity index (χ4n) is 2.49. The number of hydrogen-bond donors (Lipinski definition) is 3. The molecule has 4 N–H and O–H groups in total.